The molecule has 0 spiro atoms. The summed E-state index contributed by atoms with van der Waals surface area (Å²) in [4.78, 5) is 11.7. The fourth-order valence-corrected chi connectivity index (χ4v) is 2.39. The van der Waals surface area contributed by atoms with Crippen molar-refractivity contribution in [2.24, 2.45) is 11.1 Å². The van der Waals surface area contributed by atoms with Crippen LogP contribution in [-0.4, -0.2) is 29.2 Å². The molecule has 1 amide bonds. The minimum Gasteiger partial charge on any atom is -0.388 e. The van der Waals surface area contributed by atoms with Gasteiger partial charge in [0.25, 0.3) is 0 Å². The molecule has 1 fully saturated rings. The quantitative estimate of drug-likeness (QED) is 0.699. The third-order valence-corrected chi connectivity index (χ3v) is 4.06. The van der Waals surface area contributed by atoms with Crippen LogP contribution in [0.2, 0.25) is 0 Å². The van der Waals surface area contributed by atoms with Crippen molar-refractivity contribution in [3.63, 3.8) is 0 Å². The number of nitrogens with one attached hydrogen (secondary N) is 1. The van der Waals surface area contributed by atoms with Gasteiger partial charge >= 0.3 is 0 Å². The van der Waals surface area contributed by atoms with E-state index in [4.69, 9.17) is 5.73 Å². The smallest absolute Gasteiger partial charge is 0.237 e. The van der Waals surface area contributed by atoms with Crippen LogP contribution in [0.3, 0.4) is 0 Å². The van der Waals surface area contributed by atoms with E-state index in [0.717, 1.165) is 32.1 Å². The van der Waals surface area contributed by atoms with E-state index < -0.39 is 11.6 Å². The predicted molar refractivity (Wildman–Crippen MR) is 73.1 cm³/mol. The number of aliphatic hydroxyl groups is 1. The van der Waals surface area contributed by atoms with Crippen LogP contribution in [0.1, 0.15) is 59.3 Å². The maximum Gasteiger partial charge on any atom is 0.237 e. The molecule has 4 N–H and O–H groups in total. The SMILES string of the molecule is CCC[C@H](N)C(=O)NCC1(O)CCC(C)(C)CC1. The summed E-state index contributed by atoms with van der Waals surface area (Å²) < 4.78 is 0. The molecule has 4 heteroatoms. The molecule has 1 saturated carbocycles. The van der Waals surface area contributed by atoms with Gasteiger partial charge < -0.3 is 16.2 Å². The second kappa shape index (κ2) is 6.02. The Morgan fingerprint density at radius 2 is 1.89 bits per heavy atom. The molecular weight excluding hydrogens is 228 g/mol. The third-order valence-electron chi connectivity index (χ3n) is 4.06. The summed E-state index contributed by atoms with van der Waals surface area (Å²) in [7, 11) is 0. The van der Waals surface area contributed by atoms with Gasteiger partial charge in [0.2, 0.25) is 5.91 Å². The fraction of sp³-hybridized carbons (Fsp3) is 0.929. The Morgan fingerprint density at radius 1 is 1.33 bits per heavy atom. The van der Waals surface area contributed by atoms with Gasteiger partial charge in [0, 0.05) is 6.54 Å². The predicted octanol–water partition coefficient (Wildman–Crippen LogP) is 1.56. The monoisotopic (exact) mass is 256 g/mol. The van der Waals surface area contributed by atoms with Crippen LogP contribution in [0.15, 0.2) is 0 Å². The molecule has 4 nitrogen and oxygen atoms in total. The summed E-state index contributed by atoms with van der Waals surface area (Å²) >= 11 is 0. The molecule has 0 radical (unpaired) electrons. The van der Waals surface area contributed by atoms with E-state index in [1.165, 1.54) is 0 Å². The van der Waals surface area contributed by atoms with Crippen LogP contribution in [0.5, 0.6) is 0 Å². The minimum atomic E-state index is -0.739. The van der Waals surface area contributed by atoms with Crippen LogP contribution in [0.25, 0.3) is 0 Å². The number of carbonyl (C=O) groups is 1. The normalized spacial score (nSPS) is 23.4. The average molecular weight is 256 g/mol. The van der Waals surface area contributed by atoms with E-state index in [0.29, 0.717) is 18.4 Å². The van der Waals surface area contributed by atoms with Crippen molar-refractivity contribution in [1.29, 1.82) is 0 Å². The van der Waals surface area contributed by atoms with Crippen molar-refractivity contribution in [1.82, 2.24) is 5.32 Å². The van der Waals surface area contributed by atoms with Crippen molar-refractivity contribution < 1.29 is 9.90 Å². The van der Waals surface area contributed by atoms with Gasteiger partial charge in [-0.25, -0.2) is 0 Å². The standard InChI is InChI=1S/C14H28N2O2/c1-4-5-11(15)12(17)16-10-14(18)8-6-13(2,3)7-9-14/h11,18H,4-10,15H2,1-3H3,(H,16,17)/t11-/m0/s1. The number of hydrogen-bond acceptors (Lipinski definition) is 3. The Hall–Kier alpha value is -0.610. The van der Waals surface area contributed by atoms with Crippen molar-refractivity contribution in [2.45, 2.75) is 70.9 Å². The molecule has 0 unspecified atom stereocenters. The van der Waals surface area contributed by atoms with Gasteiger partial charge in [0.05, 0.1) is 11.6 Å². The van der Waals surface area contributed by atoms with Crippen LogP contribution in [0, 0.1) is 5.41 Å². The number of rotatable bonds is 5. The summed E-state index contributed by atoms with van der Waals surface area (Å²) in [5.41, 5.74) is 5.31. The van der Waals surface area contributed by atoms with E-state index in [1.54, 1.807) is 0 Å². The molecule has 0 aliphatic heterocycles. The van der Waals surface area contributed by atoms with Crippen LogP contribution in [0.4, 0.5) is 0 Å². The van der Waals surface area contributed by atoms with Gasteiger partial charge in [-0.3, -0.25) is 4.79 Å². The second-order valence-corrected chi connectivity index (χ2v) is 6.50. The van der Waals surface area contributed by atoms with Crippen molar-refractivity contribution >= 4 is 5.91 Å². The zero-order valence-corrected chi connectivity index (χ0v) is 12.0. The topological polar surface area (TPSA) is 75.4 Å². The molecule has 0 saturated heterocycles. The maximum absolute atomic E-state index is 11.7. The Balaban J connectivity index is 2.37. The molecule has 0 aromatic heterocycles. The van der Waals surface area contributed by atoms with Crippen LogP contribution in [-0.2, 0) is 4.79 Å². The van der Waals surface area contributed by atoms with E-state index in [-0.39, 0.29) is 5.91 Å². The molecule has 18 heavy (non-hydrogen) atoms. The third kappa shape index (κ3) is 4.58. The first-order valence-electron chi connectivity index (χ1n) is 7.04. The molecule has 106 valence electrons. The molecule has 0 aromatic carbocycles. The van der Waals surface area contributed by atoms with E-state index in [1.807, 2.05) is 6.92 Å². The fourth-order valence-electron chi connectivity index (χ4n) is 2.39. The van der Waals surface area contributed by atoms with Gasteiger partial charge in [-0.05, 0) is 37.5 Å². The minimum absolute atomic E-state index is 0.143. The second-order valence-electron chi connectivity index (χ2n) is 6.50. The van der Waals surface area contributed by atoms with Gasteiger partial charge in [-0.1, -0.05) is 27.2 Å². The Morgan fingerprint density at radius 3 is 2.39 bits per heavy atom. The molecule has 1 aliphatic carbocycles. The van der Waals surface area contributed by atoms with Crippen LogP contribution < -0.4 is 11.1 Å². The van der Waals surface area contributed by atoms with Gasteiger partial charge in [0.1, 0.15) is 0 Å². The first-order valence-corrected chi connectivity index (χ1v) is 7.04. The number of carbonyl (C=O) groups excluding carboxylic acids is 1. The van der Waals surface area contributed by atoms with E-state index >= 15 is 0 Å². The van der Waals surface area contributed by atoms with Gasteiger partial charge in [0.15, 0.2) is 0 Å². The highest BCUT2D eigenvalue weighted by atomic mass is 16.3. The van der Waals surface area contributed by atoms with E-state index in [2.05, 4.69) is 19.2 Å². The highest BCUT2D eigenvalue weighted by Gasteiger charge is 2.36. The highest BCUT2D eigenvalue weighted by Crippen LogP contribution is 2.39. The summed E-state index contributed by atoms with van der Waals surface area (Å²) in [6.45, 7) is 6.79. The molecule has 1 atom stereocenters. The largest absolute Gasteiger partial charge is 0.388 e. The molecule has 0 heterocycles. The molecule has 0 bridgehead atoms. The lowest BCUT2D eigenvalue weighted by atomic mass is 9.71. The maximum atomic E-state index is 11.7. The average Bonchev–Trinajstić information content (AvgIpc) is 2.31. The van der Waals surface area contributed by atoms with Crippen LogP contribution >= 0.6 is 0 Å². The lowest BCUT2D eigenvalue weighted by molar-refractivity contribution is -0.124. The van der Waals surface area contributed by atoms with Crippen molar-refractivity contribution in [2.75, 3.05) is 6.54 Å². The zero-order chi connectivity index (χ0) is 13.8. The lowest BCUT2D eigenvalue weighted by Crippen LogP contribution is -2.50. The summed E-state index contributed by atoms with van der Waals surface area (Å²) in [6.07, 6.45) is 5.09. The molecule has 1 rings (SSSR count). The van der Waals surface area contributed by atoms with Gasteiger partial charge in [-0.2, -0.15) is 0 Å². The summed E-state index contributed by atoms with van der Waals surface area (Å²) in [6, 6.07) is -0.446. The zero-order valence-electron chi connectivity index (χ0n) is 12.0. The summed E-state index contributed by atoms with van der Waals surface area (Å²) in [5.74, 6) is -0.143. The van der Waals surface area contributed by atoms with E-state index in [9.17, 15) is 9.90 Å². The number of hydrogen-bond donors (Lipinski definition) is 3. The molecular formula is C14H28N2O2. The van der Waals surface area contributed by atoms with Crippen molar-refractivity contribution in [3.05, 3.63) is 0 Å². The van der Waals surface area contributed by atoms with Gasteiger partial charge in [-0.15, -0.1) is 0 Å². The first-order chi connectivity index (χ1) is 8.28. The number of nitrogens with two attached hydrogens (primary N) is 1. The summed E-state index contributed by atoms with van der Waals surface area (Å²) in [5, 5.41) is 13.2. The number of amides is 1. The van der Waals surface area contributed by atoms with Crippen molar-refractivity contribution in [3.8, 4) is 0 Å². The first kappa shape index (κ1) is 15.4. The lowest BCUT2D eigenvalue weighted by Gasteiger charge is -2.40. The molecule has 1 aliphatic rings. The highest BCUT2D eigenvalue weighted by molar-refractivity contribution is 5.81. The Labute approximate surface area is 110 Å². The Bertz CT molecular complexity index is 280. The Kier molecular flexibility index (Phi) is 5.17. The molecule has 0 aromatic rings.